The summed E-state index contributed by atoms with van der Waals surface area (Å²) in [5.74, 6) is 0. The van der Waals surface area contributed by atoms with E-state index in [9.17, 15) is 0 Å². The van der Waals surface area contributed by atoms with Crippen LogP contribution in [0.1, 0.15) is 51.4 Å². The summed E-state index contributed by atoms with van der Waals surface area (Å²) >= 11 is 6.90. The van der Waals surface area contributed by atoms with E-state index in [2.05, 4.69) is 31.9 Å². The van der Waals surface area contributed by atoms with Gasteiger partial charge in [-0.2, -0.15) is 0 Å². The third-order valence-corrected chi connectivity index (χ3v) is 3.14. The van der Waals surface area contributed by atoms with Gasteiger partial charge in [0.25, 0.3) is 0 Å². The van der Waals surface area contributed by atoms with Crippen molar-refractivity contribution in [3.8, 4) is 0 Å². The molecule has 0 radical (unpaired) electrons. The molecule has 0 aromatic carbocycles. The van der Waals surface area contributed by atoms with Crippen molar-refractivity contribution in [1.29, 1.82) is 0 Å². The largest absolute Gasteiger partial charge is 0.114 e. The van der Waals surface area contributed by atoms with Gasteiger partial charge < -0.3 is 0 Å². The first-order valence-corrected chi connectivity index (χ1v) is 7.28. The molecule has 0 nitrogen and oxygen atoms in total. The van der Waals surface area contributed by atoms with Crippen LogP contribution < -0.4 is 0 Å². The fraction of sp³-hybridized carbons (Fsp3) is 1.00. The van der Waals surface area contributed by atoms with Crippen LogP contribution in [-0.2, 0) is 0 Å². The van der Waals surface area contributed by atoms with Crippen LogP contribution in [-0.4, -0.2) is 10.7 Å². The number of halogens is 3. The molecule has 0 heterocycles. The molecule has 0 atom stereocenters. The van der Waals surface area contributed by atoms with E-state index in [-0.39, 0.29) is 17.0 Å². The Labute approximate surface area is 110 Å². The summed E-state index contributed by atoms with van der Waals surface area (Å²) in [7, 11) is 0. The second kappa shape index (κ2) is 15.9. The van der Waals surface area contributed by atoms with E-state index in [1.54, 1.807) is 0 Å². The van der Waals surface area contributed by atoms with E-state index < -0.39 is 0 Å². The van der Waals surface area contributed by atoms with Crippen LogP contribution in [0.25, 0.3) is 0 Å². The first-order valence-electron chi connectivity index (χ1n) is 5.03. The molecule has 0 bridgehead atoms. The summed E-state index contributed by atoms with van der Waals surface area (Å²) < 4.78 is 0. The van der Waals surface area contributed by atoms with Crippen LogP contribution in [0.5, 0.6) is 0 Å². The zero-order chi connectivity index (χ0) is 9.07. The minimum Gasteiger partial charge on any atom is -0.114 e. The lowest BCUT2D eigenvalue weighted by atomic mass is 10.1. The lowest BCUT2D eigenvalue weighted by Crippen LogP contribution is -1.81. The van der Waals surface area contributed by atoms with Crippen molar-refractivity contribution in [2.24, 2.45) is 0 Å². The zero-order valence-corrected chi connectivity index (χ0v) is 13.1. The number of hydrogen-bond donors (Lipinski definition) is 0. The molecule has 0 unspecified atom stereocenters. The summed E-state index contributed by atoms with van der Waals surface area (Å²) in [4.78, 5) is 0. The first kappa shape index (κ1) is 16.9. The number of alkyl halides is 2. The fourth-order valence-corrected chi connectivity index (χ4v) is 2.04. The second-order valence-electron chi connectivity index (χ2n) is 3.21. The maximum absolute atomic E-state index is 3.45. The Bertz CT molecular complexity index is 66.6. The van der Waals surface area contributed by atoms with Crippen molar-refractivity contribution in [3.05, 3.63) is 0 Å². The molecule has 0 saturated heterocycles. The summed E-state index contributed by atoms with van der Waals surface area (Å²) in [6.07, 6.45) is 11.3. The monoisotopic (exact) mass is 378 g/mol. The predicted octanol–water partition coefficient (Wildman–Crippen LogP) is 5.47. The van der Waals surface area contributed by atoms with Gasteiger partial charge in [-0.15, -0.1) is 17.0 Å². The average Bonchev–Trinajstić information content (AvgIpc) is 2.10. The molecule has 0 N–H and O–H groups in total. The lowest BCUT2D eigenvalue weighted by molar-refractivity contribution is 0.588. The van der Waals surface area contributed by atoms with E-state index in [0.717, 1.165) is 0 Å². The Balaban J connectivity index is 0. The molecule has 0 aliphatic carbocycles. The van der Waals surface area contributed by atoms with Crippen molar-refractivity contribution in [2.75, 3.05) is 10.7 Å². The van der Waals surface area contributed by atoms with Crippen LogP contribution in [0.15, 0.2) is 0 Å². The average molecular weight is 381 g/mol. The highest BCUT2D eigenvalue weighted by Gasteiger charge is 1.90. The van der Waals surface area contributed by atoms with E-state index in [1.165, 1.54) is 62.0 Å². The number of hydrogen-bond acceptors (Lipinski definition) is 0. The van der Waals surface area contributed by atoms with E-state index in [1.807, 2.05) is 0 Å². The molecular formula is C10H21Br3. The van der Waals surface area contributed by atoms with Gasteiger partial charge in [0, 0.05) is 10.7 Å². The van der Waals surface area contributed by atoms with Crippen LogP contribution in [0, 0.1) is 0 Å². The minimum absolute atomic E-state index is 0. The van der Waals surface area contributed by atoms with Crippen LogP contribution in [0.2, 0.25) is 0 Å². The summed E-state index contributed by atoms with van der Waals surface area (Å²) in [6.45, 7) is 0. The third kappa shape index (κ3) is 16.1. The maximum atomic E-state index is 3.45. The SMILES string of the molecule is Br.BrCCCCCCCCCCBr. The lowest BCUT2D eigenvalue weighted by Gasteiger charge is -1.99. The highest BCUT2D eigenvalue weighted by molar-refractivity contribution is 9.09. The van der Waals surface area contributed by atoms with Crippen molar-refractivity contribution in [3.63, 3.8) is 0 Å². The van der Waals surface area contributed by atoms with Crippen LogP contribution >= 0.6 is 48.8 Å². The zero-order valence-electron chi connectivity index (χ0n) is 8.24. The molecule has 3 heteroatoms. The van der Waals surface area contributed by atoms with Crippen molar-refractivity contribution >= 4 is 48.8 Å². The quantitative estimate of drug-likeness (QED) is 0.367. The topological polar surface area (TPSA) is 0 Å². The Hall–Kier alpha value is 1.44. The molecule has 82 valence electrons. The van der Waals surface area contributed by atoms with Gasteiger partial charge in [0.2, 0.25) is 0 Å². The highest BCUT2D eigenvalue weighted by atomic mass is 79.9. The van der Waals surface area contributed by atoms with Crippen molar-refractivity contribution in [2.45, 2.75) is 51.4 Å². The molecule has 0 fully saturated rings. The normalized spacial score (nSPS) is 9.69. The second-order valence-corrected chi connectivity index (χ2v) is 4.79. The Morgan fingerprint density at radius 3 is 0.923 bits per heavy atom. The first-order chi connectivity index (χ1) is 5.91. The molecule has 0 aromatic rings. The predicted molar refractivity (Wildman–Crippen MR) is 74.8 cm³/mol. The molecule has 0 rings (SSSR count). The van der Waals surface area contributed by atoms with Gasteiger partial charge in [0.1, 0.15) is 0 Å². The van der Waals surface area contributed by atoms with Gasteiger partial charge >= 0.3 is 0 Å². The molecule has 0 aliphatic rings. The summed E-state index contributed by atoms with van der Waals surface area (Å²) in [5, 5.41) is 2.35. The fourth-order valence-electron chi connectivity index (χ4n) is 1.25. The Morgan fingerprint density at radius 1 is 0.462 bits per heavy atom. The van der Waals surface area contributed by atoms with E-state index in [0.29, 0.717) is 0 Å². The highest BCUT2D eigenvalue weighted by Crippen LogP contribution is 2.09. The van der Waals surface area contributed by atoms with Gasteiger partial charge in [0.15, 0.2) is 0 Å². The number of rotatable bonds is 9. The molecule has 0 spiro atoms. The van der Waals surface area contributed by atoms with Crippen molar-refractivity contribution < 1.29 is 0 Å². The molecule has 0 saturated carbocycles. The van der Waals surface area contributed by atoms with Gasteiger partial charge in [0.05, 0.1) is 0 Å². The van der Waals surface area contributed by atoms with Gasteiger partial charge in [-0.1, -0.05) is 70.4 Å². The van der Waals surface area contributed by atoms with Crippen molar-refractivity contribution in [1.82, 2.24) is 0 Å². The standard InChI is InChI=1S/C10H20Br2.BrH/c11-9-7-5-3-1-2-4-6-8-10-12;/h1-10H2;1H. The molecule has 0 aromatic heterocycles. The number of unbranched alkanes of at least 4 members (excludes halogenated alkanes) is 7. The van der Waals surface area contributed by atoms with E-state index in [4.69, 9.17) is 0 Å². The Kier molecular flexibility index (Phi) is 20.6. The van der Waals surface area contributed by atoms with Gasteiger partial charge in [-0.25, -0.2) is 0 Å². The molecule has 0 amide bonds. The third-order valence-electron chi connectivity index (χ3n) is 2.02. The summed E-state index contributed by atoms with van der Waals surface area (Å²) in [5.41, 5.74) is 0. The Morgan fingerprint density at radius 2 is 0.692 bits per heavy atom. The molecule has 0 aliphatic heterocycles. The van der Waals surface area contributed by atoms with Gasteiger partial charge in [-0.05, 0) is 12.8 Å². The van der Waals surface area contributed by atoms with E-state index >= 15 is 0 Å². The smallest absolute Gasteiger partial charge is 0.00313 e. The van der Waals surface area contributed by atoms with Crippen LogP contribution in [0.4, 0.5) is 0 Å². The van der Waals surface area contributed by atoms with Gasteiger partial charge in [-0.3, -0.25) is 0 Å². The van der Waals surface area contributed by atoms with Crippen LogP contribution in [0.3, 0.4) is 0 Å². The molecular weight excluding hydrogens is 360 g/mol. The minimum atomic E-state index is 0. The maximum Gasteiger partial charge on any atom is 0.00313 e. The summed E-state index contributed by atoms with van der Waals surface area (Å²) in [6, 6.07) is 0. The molecule has 13 heavy (non-hydrogen) atoms.